The van der Waals surface area contributed by atoms with Gasteiger partial charge in [0.05, 0.1) is 6.54 Å². The fourth-order valence-electron chi connectivity index (χ4n) is 3.97. The van der Waals surface area contributed by atoms with Crippen LogP contribution in [0.1, 0.15) is 37.3 Å². The maximum absolute atomic E-state index is 11.7. The summed E-state index contributed by atoms with van der Waals surface area (Å²) in [4.78, 5) is 16.0. The van der Waals surface area contributed by atoms with Crippen molar-refractivity contribution in [1.29, 1.82) is 0 Å². The normalized spacial score (nSPS) is 17.2. The van der Waals surface area contributed by atoms with Gasteiger partial charge >= 0.3 is 0 Å². The Balaban J connectivity index is 1.68. The molecule has 4 heteroatoms. The Morgan fingerprint density at radius 2 is 1.93 bits per heavy atom. The molecule has 0 radical (unpaired) electrons. The summed E-state index contributed by atoms with van der Waals surface area (Å²) >= 11 is 0. The number of amides is 1. The SMILES string of the molecule is CCC1CCCN1Cc1ccc(-c2cccc(CN(C)C(=O)CN)c2)cc1. The van der Waals surface area contributed by atoms with Crippen LogP contribution in [-0.4, -0.2) is 41.9 Å². The van der Waals surface area contributed by atoms with Gasteiger partial charge in [0, 0.05) is 26.2 Å². The van der Waals surface area contributed by atoms with Crippen LogP contribution in [0.4, 0.5) is 0 Å². The zero-order valence-electron chi connectivity index (χ0n) is 16.5. The minimum Gasteiger partial charge on any atom is -0.340 e. The summed E-state index contributed by atoms with van der Waals surface area (Å²) in [6.45, 7) is 5.18. The Morgan fingerprint density at radius 1 is 1.15 bits per heavy atom. The highest BCUT2D eigenvalue weighted by Crippen LogP contribution is 2.25. The number of nitrogens with two attached hydrogens (primary N) is 1. The fourth-order valence-corrected chi connectivity index (χ4v) is 3.97. The van der Waals surface area contributed by atoms with Crippen LogP contribution in [0.15, 0.2) is 48.5 Å². The van der Waals surface area contributed by atoms with E-state index in [1.807, 2.05) is 0 Å². The van der Waals surface area contributed by atoms with Crippen LogP contribution in [-0.2, 0) is 17.9 Å². The molecule has 2 aromatic rings. The van der Waals surface area contributed by atoms with E-state index in [1.165, 1.54) is 42.5 Å². The van der Waals surface area contributed by atoms with Gasteiger partial charge in [0.25, 0.3) is 0 Å². The molecule has 1 aliphatic rings. The van der Waals surface area contributed by atoms with Crippen LogP contribution < -0.4 is 5.73 Å². The molecule has 1 aliphatic heterocycles. The standard InChI is InChI=1S/C23H31N3O/c1-3-22-8-5-13-26(22)17-18-9-11-20(12-10-18)21-7-4-6-19(14-21)16-25(2)23(27)15-24/h4,6-7,9-12,14,22H,3,5,8,13,15-17,24H2,1-2H3. The van der Waals surface area contributed by atoms with Gasteiger partial charge in [-0.2, -0.15) is 0 Å². The lowest BCUT2D eigenvalue weighted by Gasteiger charge is -2.23. The maximum atomic E-state index is 11.7. The van der Waals surface area contributed by atoms with E-state index in [-0.39, 0.29) is 12.5 Å². The lowest BCUT2D eigenvalue weighted by Crippen LogP contribution is -2.32. The van der Waals surface area contributed by atoms with Crippen LogP contribution in [0, 0.1) is 0 Å². The lowest BCUT2D eigenvalue weighted by atomic mass is 10.0. The van der Waals surface area contributed by atoms with Crippen LogP contribution >= 0.6 is 0 Å². The summed E-state index contributed by atoms with van der Waals surface area (Å²) in [6, 6.07) is 18.0. The van der Waals surface area contributed by atoms with Gasteiger partial charge in [0.2, 0.25) is 5.91 Å². The molecule has 1 heterocycles. The molecule has 1 saturated heterocycles. The van der Waals surface area contributed by atoms with Gasteiger partial charge in [0.15, 0.2) is 0 Å². The molecule has 0 spiro atoms. The van der Waals surface area contributed by atoms with E-state index in [0.717, 1.165) is 18.2 Å². The number of rotatable bonds is 7. The van der Waals surface area contributed by atoms with E-state index in [0.29, 0.717) is 6.54 Å². The molecular weight excluding hydrogens is 334 g/mol. The number of nitrogens with zero attached hydrogens (tertiary/aromatic N) is 2. The topological polar surface area (TPSA) is 49.6 Å². The molecule has 0 aromatic heterocycles. The zero-order valence-corrected chi connectivity index (χ0v) is 16.5. The molecule has 4 nitrogen and oxygen atoms in total. The fraction of sp³-hybridized carbons (Fsp3) is 0.435. The van der Waals surface area contributed by atoms with Crippen molar-refractivity contribution < 1.29 is 4.79 Å². The van der Waals surface area contributed by atoms with Gasteiger partial charge in [-0.05, 0) is 54.1 Å². The molecule has 1 atom stereocenters. The minimum atomic E-state index is -0.0444. The first kappa shape index (κ1) is 19.6. The summed E-state index contributed by atoms with van der Waals surface area (Å²) in [6.07, 6.45) is 3.90. The van der Waals surface area contributed by atoms with E-state index < -0.39 is 0 Å². The van der Waals surface area contributed by atoms with E-state index >= 15 is 0 Å². The molecule has 1 unspecified atom stereocenters. The molecule has 0 aliphatic carbocycles. The Labute approximate surface area is 163 Å². The molecule has 3 rings (SSSR count). The first-order valence-electron chi connectivity index (χ1n) is 9.97. The summed E-state index contributed by atoms with van der Waals surface area (Å²) in [7, 11) is 1.79. The summed E-state index contributed by atoms with van der Waals surface area (Å²) in [5, 5.41) is 0. The van der Waals surface area contributed by atoms with Crippen molar-refractivity contribution in [3.05, 3.63) is 59.7 Å². The number of likely N-dealkylation sites (tertiary alicyclic amines) is 1. The molecule has 144 valence electrons. The van der Waals surface area contributed by atoms with Gasteiger partial charge in [-0.1, -0.05) is 49.4 Å². The number of hydrogen-bond acceptors (Lipinski definition) is 3. The molecular formula is C23H31N3O. The number of carbonyl (C=O) groups is 1. The smallest absolute Gasteiger partial charge is 0.236 e. The number of benzene rings is 2. The second-order valence-electron chi connectivity index (χ2n) is 7.53. The number of likely N-dealkylation sites (N-methyl/N-ethyl adjacent to an activating group) is 1. The van der Waals surface area contributed by atoms with E-state index in [2.05, 4.69) is 60.4 Å². The zero-order chi connectivity index (χ0) is 19.2. The molecule has 27 heavy (non-hydrogen) atoms. The van der Waals surface area contributed by atoms with Crippen LogP contribution in [0.25, 0.3) is 11.1 Å². The highest BCUT2D eigenvalue weighted by Gasteiger charge is 2.22. The molecule has 1 fully saturated rings. The summed E-state index contributed by atoms with van der Waals surface area (Å²) in [5.74, 6) is -0.0444. The van der Waals surface area contributed by atoms with E-state index in [9.17, 15) is 4.79 Å². The Bertz CT molecular complexity index is 756. The van der Waals surface area contributed by atoms with Crippen molar-refractivity contribution in [3.63, 3.8) is 0 Å². The average molecular weight is 366 g/mol. The Hall–Kier alpha value is -2.17. The predicted octanol–water partition coefficient (Wildman–Crippen LogP) is 3.65. The van der Waals surface area contributed by atoms with Gasteiger partial charge < -0.3 is 10.6 Å². The molecule has 0 saturated carbocycles. The largest absolute Gasteiger partial charge is 0.340 e. The Morgan fingerprint density at radius 3 is 2.63 bits per heavy atom. The van der Waals surface area contributed by atoms with Crippen LogP contribution in [0.2, 0.25) is 0 Å². The first-order chi connectivity index (χ1) is 13.1. The highest BCUT2D eigenvalue weighted by atomic mass is 16.2. The van der Waals surface area contributed by atoms with Gasteiger partial charge in [-0.15, -0.1) is 0 Å². The summed E-state index contributed by atoms with van der Waals surface area (Å²) < 4.78 is 0. The van der Waals surface area contributed by atoms with E-state index in [4.69, 9.17) is 5.73 Å². The number of carbonyl (C=O) groups excluding carboxylic acids is 1. The average Bonchev–Trinajstić information content (AvgIpc) is 3.15. The van der Waals surface area contributed by atoms with Crippen molar-refractivity contribution in [2.75, 3.05) is 20.1 Å². The van der Waals surface area contributed by atoms with Gasteiger partial charge in [0.1, 0.15) is 0 Å². The third kappa shape index (κ3) is 4.96. The molecule has 1 amide bonds. The minimum absolute atomic E-state index is 0.0444. The Kier molecular flexibility index (Phi) is 6.64. The van der Waals surface area contributed by atoms with Crippen molar-refractivity contribution in [3.8, 4) is 11.1 Å². The third-order valence-electron chi connectivity index (χ3n) is 5.59. The van der Waals surface area contributed by atoms with Crippen molar-refractivity contribution >= 4 is 5.91 Å². The first-order valence-corrected chi connectivity index (χ1v) is 9.97. The number of hydrogen-bond donors (Lipinski definition) is 1. The van der Waals surface area contributed by atoms with Crippen molar-refractivity contribution in [1.82, 2.24) is 9.80 Å². The van der Waals surface area contributed by atoms with Gasteiger partial charge in [-0.3, -0.25) is 9.69 Å². The van der Waals surface area contributed by atoms with Gasteiger partial charge in [-0.25, -0.2) is 0 Å². The molecule has 2 aromatic carbocycles. The second kappa shape index (κ2) is 9.16. The highest BCUT2D eigenvalue weighted by molar-refractivity contribution is 5.77. The van der Waals surface area contributed by atoms with Crippen LogP contribution in [0.5, 0.6) is 0 Å². The monoisotopic (exact) mass is 365 g/mol. The molecule has 2 N–H and O–H groups in total. The molecule has 0 bridgehead atoms. The van der Waals surface area contributed by atoms with Crippen LogP contribution in [0.3, 0.4) is 0 Å². The lowest BCUT2D eigenvalue weighted by molar-refractivity contribution is -0.128. The predicted molar refractivity (Wildman–Crippen MR) is 111 cm³/mol. The summed E-state index contributed by atoms with van der Waals surface area (Å²) in [5.41, 5.74) is 10.3. The third-order valence-corrected chi connectivity index (χ3v) is 5.59. The maximum Gasteiger partial charge on any atom is 0.236 e. The quantitative estimate of drug-likeness (QED) is 0.815. The second-order valence-corrected chi connectivity index (χ2v) is 7.53. The van der Waals surface area contributed by atoms with Crippen molar-refractivity contribution in [2.45, 2.75) is 45.3 Å². The van der Waals surface area contributed by atoms with E-state index in [1.54, 1.807) is 11.9 Å². The van der Waals surface area contributed by atoms with Crippen molar-refractivity contribution in [2.24, 2.45) is 5.73 Å².